The maximum atomic E-state index is 6.20. The molecule has 2 saturated heterocycles. The normalized spacial score (nSPS) is 22.6. The van der Waals surface area contributed by atoms with Gasteiger partial charge in [-0.15, -0.1) is 0 Å². The van der Waals surface area contributed by atoms with E-state index in [1.54, 1.807) is 0 Å². The van der Waals surface area contributed by atoms with Crippen molar-refractivity contribution in [2.24, 2.45) is 11.5 Å². The van der Waals surface area contributed by atoms with Crippen molar-refractivity contribution >= 4 is 17.8 Å². The van der Waals surface area contributed by atoms with Gasteiger partial charge >= 0.3 is 0 Å². The molecule has 5 N–H and O–H groups in total. The fourth-order valence-corrected chi connectivity index (χ4v) is 4.13. The molecule has 156 valence electrons. The van der Waals surface area contributed by atoms with Crippen molar-refractivity contribution < 1.29 is 0 Å². The van der Waals surface area contributed by atoms with Gasteiger partial charge in [0.15, 0.2) is 0 Å². The number of aromatic nitrogens is 3. The van der Waals surface area contributed by atoms with Crippen LogP contribution in [0.3, 0.4) is 0 Å². The number of hydrogen-bond donors (Lipinski definition) is 3. The molecule has 8 heteroatoms. The zero-order valence-corrected chi connectivity index (χ0v) is 17.2. The van der Waals surface area contributed by atoms with Crippen LogP contribution in [-0.2, 0) is 6.54 Å². The Hall–Kier alpha value is -2.45. The van der Waals surface area contributed by atoms with Crippen LogP contribution in [0.5, 0.6) is 0 Å². The van der Waals surface area contributed by atoms with Crippen molar-refractivity contribution in [2.45, 2.75) is 51.2 Å². The van der Waals surface area contributed by atoms with Crippen LogP contribution in [0.1, 0.15) is 36.8 Å². The molecule has 0 spiro atoms. The largest absolute Gasteiger partial charge is 0.350 e. The second kappa shape index (κ2) is 8.92. The van der Waals surface area contributed by atoms with Crippen LogP contribution < -0.4 is 26.6 Å². The van der Waals surface area contributed by atoms with Crippen molar-refractivity contribution in [2.75, 3.05) is 41.3 Å². The van der Waals surface area contributed by atoms with Gasteiger partial charge in [-0.1, -0.05) is 24.3 Å². The molecule has 4 rings (SSSR count). The number of aryl methyl sites for hydroxylation is 1. The molecule has 1 aromatic heterocycles. The van der Waals surface area contributed by atoms with Crippen LogP contribution in [0.15, 0.2) is 24.3 Å². The fourth-order valence-electron chi connectivity index (χ4n) is 4.13. The predicted molar refractivity (Wildman–Crippen MR) is 117 cm³/mol. The molecule has 0 radical (unpaired) electrons. The van der Waals surface area contributed by atoms with E-state index in [4.69, 9.17) is 26.4 Å². The maximum absolute atomic E-state index is 6.20. The van der Waals surface area contributed by atoms with Gasteiger partial charge in [0.05, 0.1) is 0 Å². The van der Waals surface area contributed by atoms with Crippen LogP contribution in [-0.4, -0.2) is 53.2 Å². The third kappa shape index (κ3) is 4.94. The van der Waals surface area contributed by atoms with Crippen LogP contribution in [0, 0.1) is 6.92 Å². The zero-order valence-electron chi connectivity index (χ0n) is 17.2. The number of nitrogens with two attached hydrogens (primary N) is 2. The summed E-state index contributed by atoms with van der Waals surface area (Å²) in [6, 6.07) is 8.43. The smallest absolute Gasteiger partial charge is 0.232 e. The lowest BCUT2D eigenvalue weighted by atomic mass is 10.0. The fraction of sp³-hybridized carbons (Fsp3) is 0.571. The summed E-state index contributed by atoms with van der Waals surface area (Å²) in [5.74, 6) is 2.01. The monoisotopic (exact) mass is 396 g/mol. The molecule has 0 aliphatic carbocycles. The third-order valence-electron chi connectivity index (χ3n) is 5.75. The first-order valence-corrected chi connectivity index (χ1v) is 10.6. The van der Waals surface area contributed by atoms with Gasteiger partial charge in [0, 0.05) is 44.8 Å². The first-order chi connectivity index (χ1) is 14.1. The zero-order chi connectivity index (χ0) is 20.2. The van der Waals surface area contributed by atoms with Crippen LogP contribution in [0.25, 0.3) is 0 Å². The number of benzene rings is 1. The average Bonchev–Trinajstić information content (AvgIpc) is 2.73. The predicted octanol–water partition coefficient (Wildman–Crippen LogP) is 1.65. The molecule has 2 aliphatic rings. The molecule has 8 nitrogen and oxygen atoms in total. The molecule has 2 fully saturated rings. The van der Waals surface area contributed by atoms with Gasteiger partial charge in [-0.2, -0.15) is 15.0 Å². The van der Waals surface area contributed by atoms with E-state index in [1.807, 2.05) is 0 Å². The highest BCUT2D eigenvalue weighted by Gasteiger charge is 2.26. The summed E-state index contributed by atoms with van der Waals surface area (Å²) in [7, 11) is 0. The number of nitrogens with zero attached hydrogens (tertiary/aromatic N) is 5. The Morgan fingerprint density at radius 1 is 0.931 bits per heavy atom. The minimum Gasteiger partial charge on any atom is -0.350 e. The number of anilines is 3. The third-order valence-corrected chi connectivity index (χ3v) is 5.75. The summed E-state index contributed by atoms with van der Waals surface area (Å²) in [4.78, 5) is 18.6. The van der Waals surface area contributed by atoms with E-state index in [0.29, 0.717) is 31.5 Å². The van der Waals surface area contributed by atoms with Crippen LogP contribution in [0.2, 0.25) is 0 Å². The highest BCUT2D eigenvalue weighted by Crippen LogP contribution is 2.22. The molecule has 0 bridgehead atoms. The summed E-state index contributed by atoms with van der Waals surface area (Å²) in [5.41, 5.74) is 14.9. The lowest BCUT2D eigenvalue weighted by molar-refractivity contribution is 0.446. The van der Waals surface area contributed by atoms with Gasteiger partial charge in [-0.25, -0.2) is 0 Å². The van der Waals surface area contributed by atoms with Crippen molar-refractivity contribution in [1.82, 2.24) is 15.0 Å². The topological polar surface area (TPSA) is 109 Å². The van der Waals surface area contributed by atoms with E-state index in [1.165, 1.54) is 30.4 Å². The average molecular weight is 397 g/mol. The molecule has 2 atom stereocenters. The van der Waals surface area contributed by atoms with Gasteiger partial charge in [-0.05, 0) is 43.7 Å². The van der Waals surface area contributed by atoms with E-state index < -0.39 is 0 Å². The number of rotatable bonds is 5. The minimum atomic E-state index is 0.0392. The van der Waals surface area contributed by atoms with E-state index in [0.717, 1.165) is 25.5 Å². The second-order valence-corrected chi connectivity index (χ2v) is 8.25. The Balaban J connectivity index is 1.59. The molecule has 3 heterocycles. The van der Waals surface area contributed by atoms with Crippen molar-refractivity contribution in [3.63, 3.8) is 0 Å². The summed E-state index contributed by atoms with van der Waals surface area (Å²) in [6.07, 6.45) is 4.44. The van der Waals surface area contributed by atoms with Gasteiger partial charge in [-0.3, -0.25) is 0 Å². The lowest BCUT2D eigenvalue weighted by Gasteiger charge is -2.35. The Bertz CT molecular complexity index is 810. The molecule has 0 saturated carbocycles. The Kier molecular flexibility index (Phi) is 6.10. The van der Waals surface area contributed by atoms with Crippen LogP contribution >= 0.6 is 0 Å². The molecule has 1 aromatic carbocycles. The molecular formula is C21H32N8. The quantitative estimate of drug-likeness (QED) is 0.700. The first kappa shape index (κ1) is 19.8. The Morgan fingerprint density at radius 2 is 1.59 bits per heavy atom. The summed E-state index contributed by atoms with van der Waals surface area (Å²) < 4.78 is 0. The van der Waals surface area contributed by atoms with Crippen molar-refractivity contribution in [3.05, 3.63) is 35.4 Å². The highest BCUT2D eigenvalue weighted by molar-refractivity contribution is 5.46. The molecule has 29 heavy (non-hydrogen) atoms. The second-order valence-electron chi connectivity index (χ2n) is 8.25. The number of hydrogen-bond acceptors (Lipinski definition) is 8. The van der Waals surface area contributed by atoms with Crippen LogP contribution in [0.4, 0.5) is 17.8 Å². The number of piperidine rings is 2. The molecule has 0 amide bonds. The molecule has 0 unspecified atom stereocenters. The van der Waals surface area contributed by atoms with Gasteiger partial charge < -0.3 is 26.6 Å². The molecular weight excluding hydrogens is 364 g/mol. The van der Waals surface area contributed by atoms with E-state index in [9.17, 15) is 0 Å². The van der Waals surface area contributed by atoms with Gasteiger partial charge in [0.1, 0.15) is 0 Å². The summed E-state index contributed by atoms with van der Waals surface area (Å²) in [6.45, 7) is 6.20. The highest BCUT2D eigenvalue weighted by atomic mass is 15.4. The standard InChI is InChI=1S/C21H32N8/c1-15-7-3-4-8-16(15)12-24-19-25-20(28-9-5-2-6-10-28)27-21(26-19)29-13-17(22)11-18(23)14-29/h3-4,7-8,17-18H,2,5-6,9-14,22-23H2,1H3,(H,24,25,26,27)/t17-,18+. The lowest BCUT2D eigenvalue weighted by Crippen LogP contribution is -2.53. The Morgan fingerprint density at radius 3 is 2.28 bits per heavy atom. The number of nitrogens with one attached hydrogen (secondary N) is 1. The van der Waals surface area contributed by atoms with E-state index >= 15 is 0 Å². The molecule has 2 aromatic rings. The Labute approximate surface area is 172 Å². The SMILES string of the molecule is Cc1ccccc1CNc1nc(N2CCCCC2)nc(N2C[C@H](N)C[C@H](N)C2)n1. The van der Waals surface area contributed by atoms with Crippen molar-refractivity contribution in [3.8, 4) is 0 Å². The summed E-state index contributed by atoms with van der Waals surface area (Å²) >= 11 is 0. The van der Waals surface area contributed by atoms with Gasteiger partial charge in [0.25, 0.3) is 0 Å². The summed E-state index contributed by atoms with van der Waals surface area (Å²) in [5, 5.41) is 3.41. The van der Waals surface area contributed by atoms with E-state index in [-0.39, 0.29) is 12.1 Å². The maximum Gasteiger partial charge on any atom is 0.232 e. The van der Waals surface area contributed by atoms with E-state index in [2.05, 4.69) is 46.3 Å². The molecule has 2 aliphatic heterocycles. The minimum absolute atomic E-state index is 0.0392. The first-order valence-electron chi connectivity index (χ1n) is 10.6. The van der Waals surface area contributed by atoms with Crippen molar-refractivity contribution in [1.29, 1.82) is 0 Å². The van der Waals surface area contributed by atoms with Gasteiger partial charge in [0.2, 0.25) is 17.8 Å².